The quantitative estimate of drug-likeness (QED) is 0.602. The normalized spacial score (nSPS) is 10.5. The third-order valence-electron chi connectivity index (χ3n) is 1.95. The maximum atomic E-state index is 6.00. The van der Waals surface area contributed by atoms with E-state index in [1.54, 1.807) is 6.20 Å². The second kappa shape index (κ2) is 2.76. The van der Waals surface area contributed by atoms with Crippen LogP contribution in [0.15, 0.2) is 30.6 Å². The fourth-order valence-corrected chi connectivity index (χ4v) is 1.69. The number of aryl methyl sites for hydroxylation is 1. The molecule has 2 aromatic rings. The third-order valence-corrected chi connectivity index (χ3v) is 2.23. The molecule has 0 N–H and O–H groups in total. The van der Waals surface area contributed by atoms with Crippen LogP contribution in [-0.2, 0) is 0 Å². The molecule has 12 heavy (non-hydrogen) atoms. The van der Waals surface area contributed by atoms with Crippen LogP contribution in [0.5, 0.6) is 0 Å². The minimum Gasteiger partial charge on any atom is -0.263 e. The first kappa shape index (κ1) is 7.56. The molecule has 0 aliphatic carbocycles. The number of benzene rings is 1. The molecular formula is C10H8ClN. The number of fused-ring (bicyclic) bond motifs is 1. The lowest BCUT2D eigenvalue weighted by atomic mass is 10.1. The summed E-state index contributed by atoms with van der Waals surface area (Å²) in [6.07, 6.45) is 3.51. The second-order valence-corrected chi connectivity index (χ2v) is 3.20. The molecule has 1 aromatic heterocycles. The SMILES string of the molecule is Cc1cccc2cncc(Cl)c12. The lowest BCUT2D eigenvalue weighted by Crippen LogP contribution is -1.80. The van der Waals surface area contributed by atoms with Crippen LogP contribution < -0.4 is 0 Å². The average Bonchev–Trinajstić information content (AvgIpc) is 2.04. The fraction of sp³-hybridized carbons (Fsp3) is 0.100. The van der Waals surface area contributed by atoms with Gasteiger partial charge in [0.1, 0.15) is 0 Å². The molecule has 0 saturated carbocycles. The van der Waals surface area contributed by atoms with Crippen LogP contribution in [0.2, 0.25) is 5.02 Å². The molecule has 0 bridgehead atoms. The summed E-state index contributed by atoms with van der Waals surface area (Å²) in [7, 11) is 0. The van der Waals surface area contributed by atoms with Crippen molar-refractivity contribution < 1.29 is 0 Å². The van der Waals surface area contributed by atoms with Gasteiger partial charge in [-0.1, -0.05) is 29.8 Å². The topological polar surface area (TPSA) is 12.9 Å². The van der Waals surface area contributed by atoms with E-state index in [0.717, 1.165) is 15.8 Å². The lowest BCUT2D eigenvalue weighted by Gasteiger charge is -2.01. The van der Waals surface area contributed by atoms with Crippen molar-refractivity contribution in [3.8, 4) is 0 Å². The van der Waals surface area contributed by atoms with Gasteiger partial charge in [-0.2, -0.15) is 0 Å². The van der Waals surface area contributed by atoms with E-state index < -0.39 is 0 Å². The van der Waals surface area contributed by atoms with Crippen LogP contribution in [0, 0.1) is 6.92 Å². The Balaban J connectivity index is 2.96. The van der Waals surface area contributed by atoms with E-state index in [1.807, 2.05) is 31.3 Å². The molecule has 0 aliphatic rings. The van der Waals surface area contributed by atoms with Gasteiger partial charge in [0.2, 0.25) is 0 Å². The lowest BCUT2D eigenvalue weighted by molar-refractivity contribution is 1.35. The summed E-state index contributed by atoms with van der Waals surface area (Å²) < 4.78 is 0. The van der Waals surface area contributed by atoms with E-state index in [-0.39, 0.29) is 0 Å². The summed E-state index contributed by atoms with van der Waals surface area (Å²) in [6.45, 7) is 2.05. The van der Waals surface area contributed by atoms with E-state index in [2.05, 4.69) is 4.98 Å². The van der Waals surface area contributed by atoms with E-state index in [1.165, 1.54) is 5.56 Å². The van der Waals surface area contributed by atoms with Crippen LogP contribution in [0.4, 0.5) is 0 Å². The Bertz CT molecular complexity index is 386. The Labute approximate surface area is 76.0 Å². The second-order valence-electron chi connectivity index (χ2n) is 2.79. The van der Waals surface area contributed by atoms with Crippen LogP contribution in [0.1, 0.15) is 5.56 Å². The average molecular weight is 178 g/mol. The minimum absolute atomic E-state index is 0.727. The van der Waals surface area contributed by atoms with Crippen molar-refractivity contribution in [3.05, 3.63) is 41.2 Å². The molecule has 0 unspecified atom stereocenters. The molecule has 0 amide bonds. The zero-order valence-electron chi connectivity index (χ0n) is 6.71. The zero-order chi connectivity index (χ0) is 8.55. The Morgan fingerprint density at radius 3 is 2.83 bits per heavy atom. The highest BCUT2D eigenvalue weighted by atomic mass is 35.5. The molecule has 1 aromatic carbocycles. The van der Waals surface area contributed by atoms with Gasteiger partial charge in [-0.15, -0.1) is 0 Å². The van der Waals surface area contributed by atoms with Gasteiger partial charge in [0.25, 0.3) is 0 Å². The zero-order valence-corrected chi connectivity index (χ0v) is 7.47. The number of pyridine rings is 1. The van der Waals surface area contributed by atoms with E-state index in [9.17, 15) is 0 Å². The van der Waals surface area contributed by atoms with Gasteiger partial charge in [-0.05, 0) is 12.5 Å². The first-order valence-electron chi connectivity index (χ1n) is 3.78. The molecule has 0 saturated heterocycles. The van der Waals surface area contributed by atoms with Gasteiger partial charge in [0.05, 0.1) is 5.02 Å². The predicted molar refractivity (Wildman–Crippen MR) is 51.5 cm³/mol. The highest BCUT2D eigenvalue weighted by Crippen LogP contribution is 2.24. The van der Waals surface area contributed by atoms with Gasteiger partial charge >= 0.3 is 0 Å². The van der Waals surface area contributed by atoms with E-state index in [0.29, 0.717) is 0 Å². The Morgan fingerprint density at radius 2 is 2.08 bits per heavy atom. The maximum Gasteiger partial charge on any atom is 0.0670 e. The highest BCUT2D eigenvalue weighted by molar-refractivity contribution is 6.35. The molecule has 0 spiro atoms. The van der Waals surface area contributed by atoms with Crippen molar-refractivity contribution in [3.63, 3.8) is 0 Å². The molecule has 0 radical (unpaired) electrons. The molecule has 1 nitrogen and oxygen atoms in total. The summed E-state index contributed by atoms with van der Waals surface area (Å²) in [5.41, 5.74) is 1.19. The Hall–Kier alpha value is -1.08. The van der Waals surface area contributed by atoms with E-state index >= 15 is 0 Å². The maximum absolute atomic E-state index is 6.00. The van der Waals surface area contributed by atoms with Crippen molar-refractivity contribution in [2.45, 2.75) is 6.92 Å². The Morgan fingerprint density at radius 1 is 1.25 bits per heavy atom. The number of rotatable bonds is 0. The summed E-state index contributed by atoms with van der Waals surface area (Å²) >= 11 is 6.00. The number of hydrogen-bond acceptors (Lipinski definition) is 1. The molecule has 0 fully saturated rings. The van der Waals surface area contributed by atoms with Crippen LogP contribution in [0.25, 0.3) is 10.8 Å². The molecule has 1 heterocycles. The summed E-state index contributed by atoms with van der Waals surface area (Å²) in [5.74, 6) is 0. The number of halogens is 1. The molecule has 2 heteroatoms. The Kier molecular flexibility index (Phi) is 1.74. The monoisotopic (exact) mass is 177 g/mol. The van der Waals surface area contributed by atoms with Crippen molar-refractivity contribution in [1.29, 1.82) is 0 Å². The smallest absolute Gasteiger partial charge is 0.0670 e. The van der Waals surface area contributed by atoms with Crippen LogP contribution in [-0.4, -0.2) is 4.98 Å². The number of aromatic nitrogens is 1. The minimum atomic E-state index is 0.727. The van der Waals surface area contributed by atoms with Crippen molar-refractivity contribution in [2.24, 2.45) is 0 Å². The summed E-state index contributed by atoms with van der Waals surface area (Å²) in [6, 6.07) is 6.07. The van der Waals surface area contributed by atoms with Crippen LogP contribution >= 0.6 is 11.6 Å². The highest BCUT2D eigenvalue weighted by Gasteiger charge is 2.00. The van der Waals surface area contributed by atoms with E-state index in [4.69, 9.17) is 11.6 Å². The molecule has 0 atom stereocenters. The predicted octanol–water partition coefficient (Wildman–Crippen LogP) is 3.20. The standard InChI is InChI=1S/C10H8ClN/c1-7-3-2-4-8-5-12-6-9(11)10(7)8/h2-6H,1H3. The van der Waals surface area contributed by atoms with Crippen LogP contribution in [0.3, 0.4) is 0 Å². The van der Waals surface area contributed by atoms with Gasteiger partial charge in [-0.25, -0.2) is 0 Å². The van der Waals surface area contributed by atoms with Gasteiger partial charge < -0.3 is 0 Å². The third kappa shape index (κ3) is 1.07. The molecule has 60 valence electrons. The fourth-order valence-electron chi connectivity index (χ4n) is 1.37. The van der Waals surface area contributed by atoms with Crippen molar-refractivity contribution in [1.82, 2.24) is 4.98 Å². The molecule has 0 aliphatic heterocycles. The first-order chi connectivity index (χ1) is 5.79. The summed E-state index contributed by atoms with van der Waals surface area (Å²) in [4.78, 5) is 4.02. The first-order valence-corrected chi connectivity index (χ1v) is 4.15. The van der Waals surface area contributed by atoms with Gasteiger partial charge in [0.15, 0.2) is 0 Å². The summed E-state index contributed by atoms with van der Waals surface area (Å²) in [5, 5.41) is 2.93. The molecule has 2 rings (SSSR count). The van der Waals surface area contributed by atoms with Crippen molar-refractivity contribution in [2.75, 3.05) is 0 Å². The van der Waals surface area contributed by atoms with Gasteiger partial charge in [0, 0.05) is 23.2 Å². The number of hydrogen-bond donors (Lipinski definition) is 0. The van der Waals surface area contributed by atoms with Gasteiger partial charge in [-0.3, -0.25) is 4.98 Å². The molecular weight excluding hydrogens is 170 g/mol. The largest absolute Gasteiger partial charge is 0.263 e. The number of nitrogens with zero attached hydrogens (tertiary/aromatic N) is 1. The van der Waals surface area contributed by atoms with Crippen molar-refractivity contribution >= 4 is 22.4 Å².